The number of hydrogen-bond donors (Lipinski definition) is 0. The van der Waals surface area contributed by atoms with Gasteiger partial charge in [-0.2, -0.15) is 0 Å². The third-order valence-electron chi connectivity index (χ3n) is 2.30. The number of rotatable bonds is 6. The van der Waals surface area contributed by atoms with Crippen molar-refractivity contribution in [3.8, 4) is 0 Å². The van der Waals surface area contributed by atoms with Crippen molar-refractivity contribution in [2.45, 2.75) is 25.9 Å². The Morgan fingerprint density at radius 2 is 2.00 bits per heavy atom. The van der Waals surface area contributed by atoms with E-state index in [0.717, 1.165) is 18.4 Å². The summed E-state index contributed by atoms with van der Waals surface area (Å²) < 4.78 is 10.3. The molecule has 0 aliphatic carbocycles. The molecule has 0 saturated carbocycles. The monoisotopic (exact) mass is 222 g/mol. The summed E-state index contributed by atoms with van der Waals surface area (Å²) in [5.74, 6) is -0.345. The van der Waals surface area contributed by atoms with Crippen molar-refractivity contribution in [3.63, 3.8) is 0 Å². The Morgan fingerprint density at radius 3 is 2.56 bits per heavy atom. The van der Waals surface area contributed by atoms with Crippen LogP contribution in [0.25, 0.3) is 0 Å². The number of benzene rings is 1. The van der Waals surface area contributed by atoms with Gasteiger partial charge in [0, 0.05) is 6.61 Å². The van der Waals surface area contributed by atoms with E-state index in [1.807, 2.05) is 30.3 Å². The first-order valence-electron chi connectivity index (χ1n) is 5.54. The summed E-state index contributed by atoms with van der Waals surface area (Å²) in [6.07, 6.45) is 1.39. The van der Waals surface area contributed by atoms with E-state index < -0.39 is 6.10 Å². The van der Waals surface area contributed by atoms with Gasteiger partial charge in [0.1, 0.15) is 0 Å². The van der Waals surface area contributed by atoms with E-state index in [-0.39, 0.29) is 5.97 Å². The molecule has 16 heavy (non-hydrogen) atoms. The van der Waals surface area contributed by atoms with E-state index in [0.29, 0.717) is 6.61 Å². The highest BCUT2D eigenvalue weighted by Gasteiger charge is 2.21. The topological polar surface area (TPSA) is 35.5 Å². The third kappa shape index (κ3) is 3.66. The molecule has 0 saturated heterocycles. The summed E-state index contributed by atoms with van der Waals surface area (Å²) in [6, 6.07) is 9.41. The molecule has 1 atom stereocenters. The van der Waals surface area contributed by atoms with Gasteiger partial charge in [-0.25, -0.2) is 4.79 Å². The van der Waals surface area contributed by atoms with Gasteiger partial charge in [0.15, 0.2) is 6.10 Å². The van der Waals surface area contributed by atoms with Gasteiger partial charge in [-0.05, 0) is 12.0 Å². The number of esters is 1. The standard InChI is InChI=1S/C13H18O3/c1-3-4-10-16-12(13(14)15-2)11-8-6-5-7-9-11/h5-9,12H,3-4,10H2,1-2H3/t12-/m1/s1. The highest BCUT2D eigenvalue weighted by molar-refractivity contribution is 5.76. The third-order valence-corrected chi connectivity index (χ3v) is 2.30. The Bertz CT molecular complexity index is 308. The van der Waals surface area contributed by atoms with Gasteiger partial charge in [-0.15, -0.1) is 0 Å². The van der Waals surface area contributed by atoms with Crippen LogP contribution < -0.4 is 0 Å². The number of hydrogen-bond acceptors (Lipinski definition) is 3. The first kappa shape index (κ1) is 12.7. The average Bonchev–Trinajstić information content (AvgIpc) is 2.35. The van der Waals surface area contributed by atoms with Gasteiger partial charge in [0.05, 0.1) is 7.11 Å². The number of unbranched alkanes of at least 4 members (excludes halogenated alkanes) is 1. The minimum absolute atomic E-state index is 0.345. The van der Waals surface area contributed by atoms with E-state index in [2.05, 4.69) is 6.92 Å². The molecule has 1 rings (SSSR count). The van der Waals surface area contributed by atoms with Crippen LogP contribution in [0, 0.1) is 0 Å². The lowest BCUT2D eigenvalue weighted by atomic mass is 10.1. The second-order valence-electron chi connectivity index (χ2n) is 3.54. The summed E-state index contributed by atoms with van der Waals surface area (Å²) in [6.45, 7) is 2.66. The van der Waals surface area contributed by atoms with E-state index in [1.54, 1.807) is 0 Å². The van der Waals surface area contributed by atoms with Crippen LogP contribution in [0.5, 0.6) is 0 Å². The molecular weight excluding hydrogens is 204 g/mol. The maximum Gasteiger partial charge on any atom is 0.339 e. The molecule has 0 unspecified atom stereocenters. The predicted octanol–water partition coefficient (Wildman–Crippen LogP) is 2.72. The molecular formula is C13H18O3. The van der Waals surface area contributed by atoms with Gasteiger partial charge in [-0.3, -0.25) is 0 Å². The maximum absolute atomic E-state index is 11.6. The van der Waals surface area contributed by atoms with Gasteiger partial charge in [0.25, 0.3) is 0 Å². The SMILES string of the molecule is CCCCO[C@@H](C(=O)OC)c1ccccc1. The van der Waals surface area contributed by atoms with Gasteiger partial charge in [-0.1, -0.05) is 43.7 Å². The average molecular weight is 222 g/mol. The molecule has 0 radical (unpaired) electrons. The molecule has 0 aliphatic heterocycles. The molecule has 0 N–H and O–H groups in total. The minimum atomic E-state index is -0.599. The van der Waals surface area contributed by atoms with Crippen LogP contribution in [-0.2, 0) is 14.3 Å². The Labute approximate surface area is 96.4 Å². The molecule has 0 fully saturated rings. The van der Waals surface area contributed by atoms with Crippen molar-refractivity contribution in [2.75, 3.05) is 13.7 Å². The fourth-order valence-corrected chi connectivity index (χ4v) is 1.38. The molecule has 0 spiro atoms. The summed E-state index contributed by atoms with van der Waals surface area (Å²) in [7, 11) is 1.38. The van der Waals surface area contributed by atoms with E-state index in [1.165, 1.54) is 7.11 Å². The molecule has 1 aromatic rings. The Hall–Kier alpha value is -1.35. The second-order valence-corrected chi connectivity index (χ2v) is 3.54. The molecule has 0 aliphatic rings. The molecule has 88 valence electrons. The molecule has 1 aromatic carbocycles. The van der Waals surface area contributed by atoms with Crippen molar-refractivity contribution >= 4 is 5.97 Å². The van der Waals surface area contributed by atoms with Crippen molar-refractivity contribution in [2.24, 2.45) is 0 Å². The Morgan fingerprint density at radius 1 is 1.31 bits per heavy atom. The number of methoxy groups -OCH3 is 1. The number of carbonyl (C=O) groups is 1. The van der Waals surface area contributed by atoms with Crippen LogP contribution >= 0.6 is 0 Å². The highest BCUT2D eigenvalue weighted by Crippen LogP contribution is 2.18. The Kier molecular flexibility index (Phi) is 5.57. The van der Waals surface area contributed by atoms with E-state index in [9.17, 15) is 4.79 Å². The number of ether oxygens (including phenoxy) is 2. The van der Waals surface area contributed by atoms with Gasteiger partial charge >= 0.3 is 5.97 Å². The van der Waals surface area contributed by atoms with Gasteiger partial charge in [0.2, 0.25) is 0 Å². The van der Waals surface area contributed by atoms with Crippen molar-refractivity contribution in [1.29, 1.82) is 0 Å². The lowest BCUT2D eigenvalue weighted by Crippen LogP contribution is -2.18. The molecule has 3 heteroatoms. The van der Waals surface area contributed by atoms with E-state index >= 15 is 0 Å². The zero-order valence-electron chi connectivity index (χ0n) is 9.81. The highest BCUT2D eigenvalue weighted by atomic mass is 16.6. The summed E-state index contributed by atoms with van der Waals surface area (Å²) in [4.78, 5) is 11.6. The quantitative estimate of drug-likeness (QED) is 0.548. The van der Waals surface area contributed by atoms with Gasteiger partial charge < -0.3 is 9.47 Å². The molecule has 3 nitrogen and oxygen atoms in total. The van der Waals surface area contributed by atoms with Crippen molar-refractivity contribution < 1.29 is 14.3 Å². The normalized spacial score (nSPS) is 12.1. The summed E-state index contributed by atoms with van der Waals surface area (Å²) in [5.41, 5.74) is 0.838. The van der Waals surface area contributed by atoms with Crippen LogP contribution in [0.4, 0.5) is 0 Å². The lowest BCUT2D eigenvalue weighted by Gasteiger charge is -2.15. The zero-order chi connectivity index (χ0) is 11.8. The predicted molar refractivity (Wildman–Crippen MR) is 62.1 cm³/mol. The molecule has 0 amide bonds. The van der Waals surface area contributed by atoms with Crippen molar-refractivity contribution in [3.05, 3.63) is 35.9 Å². The fourth-order valence-electron chi connectivity index (χ4n) is 1.38. The van der Waals surface area contributed by atoms with Crippen LogP contribution in [0.1, 0.15) is 31.4 Å². The lowest BCUT2D eigenvalue weighted by molar-refractivity contribution is -0.154. The smallest absolute Gasteiger partial charge is 0.339 e. The minimum Gasteiger partial charge on any atom is -0.467 e. The summed E-state index contributed by atoms with van der Waals surface area (Å²) >= 11 is 0. The fraction of sp³-hybridized carbons (Fsp3) is 0.462. The maximum atomic E-state index is 11.6. The van der Waals surface area contributed by atoms with Crippen LogP contribution in [0.3, 0.4) is 0 Å². The first-order chi connectivity index (χ1) is 7.79. The second kappa shape index (κ2) is 7.01. The zero-order valence-corrected chi connectivity index (χ0v) is 9.81. The first-order valence-corrected chi connectivity index (χ1v) is 5.54. The van der Waals surface area contributed by atoms with Crippen LogP contribution in [0.15, 0.2) is 30.3 Å². The Balaban J connectivity index is 2.68. The molecule has 0 aromatic heterocycles. The van der Waals surface area contributed by atoms with E-state index in [4.69, 9.17) is 9.47 Å². The summed E-state index contributed by atoms with van der Waals surface area (Å²) in [5, 5.41) is 0. The van der Waals surface area contributed by atoms with Crippen LogP contribution in [-0.4, -0.2) is 19.7 Å². The van der Waals surface area contributed by atoms with Crippen LogP contribution in [0.2, 0.25) is 0 Å². The van der Waals surface area contributed by atoms with Crippen molar-refractivity contribution in [1.82, 2.24) is 0 Å². The molecule has 0 heterocycles. The number of carbonyl (C=O) groups excluding carboxylic acids is 1. The molecule has 0 bridgehead atoms. The largest absolute Gasteiger partial charge is 0.467 e.